The van der Waals surface area contributed by atoms with Gasteiger partial charge in [0, 0.05) is 25.8 Å². The minimum atomic E-state index is -0.00300. The number of aromatic nitrogens is 2. The van der Waals surface area contributed by atoms with Crippen LogP contribution in [-0.2, 0) is 16.1 Å². The van der Waals surface area contributed by atoms with Crippen molar-refractivity contribution in [3.8, 4) is 0 Å². The van der Waals surface area contributed by atoms with Gasteiger partial charge in [-0.05, 0) is 38.4 Å². The van der Waals surface area contributed by atoms with Crippen LogP contribution >= 0.6 is 0 Å². The number of likely N-dealkylation sites (tertiary alicyclic amines) is 1. The topological polar surface area (TPSA) is 50.1 Å². The number of fused-ring (bicyclic) bond motifs is 1. The number of pyridine rings is 1. The van der Waals surface area contributed by atoms with Crippen LogP contribution in [0.3, 0.4) is 0 Å². The predicted octanol–water partition coefficient (Wildman–Crippen LogP) is 1.47. The van der Waals surface area contributed by atoms with Crippen molar-refractivity contribution >= 4 is 11.6 Å². The first-order valence-electron chi connectivity index (χ1n) is 8.77. The number of rotatable bonds is 3. The highest BCUT2D eigenvalue weighted by molar-refractivity contribution is 5.82. The Morgan fingerprint density at radius 2 is 2.12 bits per heavy atom. The van der Waals surface area contributed by atoms with E-state index in [1.54, 1.807) is 0 Å². The summed E-state index contributed by atoms with van der Waals surface area (Å²) in [5, 5.41) is 0. The molecular weight excluding hydrogens is 304 g/mol. The molecule has 2 aliphatic heterocycles. The highest BCUT2D eigenvalue weighted by atomic mass is 16.5. The first-order chi connectivity index (χ1) is 11.7. The number of nitrogens with zero attached hydrogens (tertiary/aromatic N) is 4. The number of hydrogen-bond acceptors (Lipinski definition) is 4. The van der Waals surface area contributed by atoms with Crippen molar-refractivity contribution in [3.63, 3.8) is 0 Å². The van der Waals surface area contributed by atoms with E-state index in [1.165, 1.54) is 5.69 Å². The Hall–Kier alpha value is -1.92. The van der Waals surface area contributed by atoms with Crippen LogP contribution in [-0.4, -0.2) is 64.0 Å². The van der Waals surface area contributed by atoms with Crippen LogP contribution in [0, 0.1) is 6.92 Å². The molecule has 2 saturated heterocycles. The SMILES string of the molecule is Cc1nc2ccccn2c1CN1CCC[C@@H]1C(=O)N1CCOCC1. The van der Waals surface area contributed by atoms with Crippen molar-refractivity contribution in [3.05, 3.63) is 35.8 Å². The lowest BCUT2D eigenvalue weighted by Gasteiger charge is -2.32. The maximum absolute atomic E-state index is 12.9. The van der Waals surface area contributed by atoms with E-state index in [0.717, 1.165) is 50.4 Å². The van der Waals surface area contributed by atoms with Crippen molar-refractivity contribution < 1.29 is 9.53 Å². The average molecular weight is 328 g/mol. The molecule has 4 rings (SSSR count). The van der Waals surface area contributed by atoms with E-state index in [4.69, 9.17) is 4.74 Å². The van der Waals surface area contributed by atoms with Gasteiger partial charge < -0.3 is 14.0 Å². The Kier molecular flexibility index (Phi) is 4.24. The van der Waals surface area contributed by atoms with Crippen molar-refractivity contribution in [1.82, 2.24) is 19.2 Å². The number of imidazole rings is 1. The van der Waals surface area contributed by atoms with Gasteiger partial charge in [-0.15, -0.1) is 0 Å². The van der Waals surface area contributed by atoms with Crippen molar-refractivity contribution in [1.29, 1.82) is 0 Å². The first-order valence-corrected chi connectivity index (χ1v) is 8.77. The number of hydrogen-bond donors (Lipinski definition) is 0. The lowest BCUT2D eigenvalue weighted by Crippen LogP contribution is -2.49. The van der Waals surface area contributed by atoms with Gasteiger partial charge in [0.05, 0.1) is 30.6 Å². The van der Waals surface area contributed by atoms with Gasteiger partial charge in [0.1, 0.15) is 5.65 Å². The van der Waals surface area contributed by atoms with Crippen molar-refractivity contribution in [2.75, 3.05) is 32.8 Å². The monoisotopic (exact) mass is 328 g/mol. The molecule has 0 radical (unpaired) electrons. The molecule has 0 aliphatic carbocycles. The molecule has 0 aromatic carbocycles. The van der Waals surface area contributed by atoms with Gasteiger partial charge in [-0.1, -0.05) is 6.07 Å². The van der Waals surface area contributed by atoms with Crippen LogP contribution in [0.25, 0.3) is 5.65 Å². The normalized spacial score (nSPS) is 22.4. The lowest BCUT2D eigenvalue weighted by molar-refractivity contribution is -0.140. The van der Waals surface area contributed by atoms with Crippen LogP contribution in [0.4, 0.5) is 0 Å². The summed E-state index contributed by atoms with van der Waals surface area (Å²) in [4.78, 5) is 21.8. The second kappa shape index (κ2) is 6.53. The summed E-state index contributed by atoms with van der Waals surface area (Å²) in [6, 6.07) is 6.05. The standard InChI is InChI=1S/C18H24N4O2/c1-14-16(22-8-3-2-6-17(22)19-14)13-21-7-4-5-15(21)18(23)20-9-11-24-12-10-20/h2-3,6,8,15H,4-5,7,9-13H2,1H3/t15-/m1/s1. The maximum Gasteiger partial charge on any atom is 0.240 e. The summed E-state index contributed by atoms with van der Waals surface area (Å²) < 4.78 is 7.51. The number of ether oxygens (including phenoxy) is 1. The summed E-state index contributed by atoms with van der Waals surface area (Å²) >= 11 is 0. The Morgan fingerprint density at radius 3 is 2.96 bits per heavy atom. The average Bonchev–Trinajstić information content (AvgIpc) is 3.20. The molecule has 2 aromatic rings. The number of carbonyl (C=O) groups is 1. The summed E-state index contributed by atoms with van der Waals surface area (Å²) in [6.45, 7) is 6.56. The molecule has 2 aromatic heterocycles. The van der Waals surface area contributed by atoms with E-state index in [1.807, 2.05) is 23.1 Å². The van der Waals surface area contributed by atoms with Gasteiger partial charge in [-0.3, -0.25) is 9.69 Å². The summed E-state index contributed by atoms with van der Waals surface area (Å²) in [6.07, 6.45) is 4.09. The van der Waals surface area contributed by atoms with Gasteiger partial charge in [-0.2, -0.15) is 0 Å². The molecule has 2 fully saturated rings. The quantitative estimate of drug-likeness (QED) is 0.856. The Bertz CT molecular complexity index is 736. The third-order valence-electron chi connectivity index (χ3n) is 5.15. The molecule has 6 heteroatoms. The van der Waals surface area contributed by atoms with Gasteiger partial charge in [0.15, 0.2) is 0 Å². The van der Waals surface area contributed by atoms with Crippen LogP contribution in [0.15, 0.2) is 24.4 Å². The Labute approximate surface area is 142 Å². The molecule has 0 N–H and O–H groups in total. The van der Waals surface area contributed by atoms with Gasteiger partial charge in [0.25, 0.3) is 0 Å². The van der Waals surface area contributed by atoms with E-state index in [2.05, 4.69) is 27.4 Å². The molecule has 2 aliphatic rings. The minimum Gasteiger partial charge on any atom is -0.378 e. The van der Waals surface area contributed by atoms with E-state index in [0.29, 0.717) is 13.2 Å². The molecule has 6 nitrogen and oxygen atoms in total. The second-order valence-corrected chi connectivity index (χ2v) is 6.64. The van der Waals surface area contributed by atoms with Crippen LogP contribution in [0.1, 0.15) is 24.2 Å². The molecule has 128 valence electrons. The summed E-state index contributed by atoms with van der Waals surface area (Å²) in [5.41, 5.74) is 3.21. The fourth-order valence-corrected chi connectivity index (χ4v) is 3.84. The fourth-order valence-electron chi connectivity index (χ4n) is 3.84. The van der Waals surface area contributed by atoms with E-state index in [-0.39, 0.29) is 11.9 Å². The first kappa shape index (κ1) is 15.6. The number of carbonyl (C=O) groups excluding carboxylic acids is 1. The Balaban J connectivity index is 1.54. The van der Waals surface area contributed by atoms with E-state index in [9.17, 15) is 4.79 Å². The predicted molar refractivity (Wildman–Crippen MR) is 90.8 cm³/mol. The van der Waals surface area contributed by atoms with Crippen molar-refractivity contribution in [2.24, 2.45) is 0 Å². The van der Waals surface area contributed by atoms with E-state index >= 15 is 0 Å². The number of amides is 1. The van der Waals surface area contributed by atoms with Gasteiger partial charge in [-0.25, -0.2) is 4.98 Å². The Morgan fingerprint density at radius 1 is 1.29 bits per heavy atom. The van der Waals surface area contributed by atoms with Crippen molar-refractivity contribution in [2.45, 2.75) is 32.4 Å². The third kappa shape index (κ3) is 2.80. The van der Waals surface area contributed by atoms with E-state index < -0.39 is 0 Å². The van der Waals surface area contributed by atoms with Crippen LogP contribution in [0.5, 0.6) is 0 Å². The summed E-state index contributed by atoms with van der Waals surface area (Å²) in [7, 11) is 0. The molecule has 0 bridgehead atoms. The maximum atomic E-state index is 12.9. The van der Waals surface area contributed by atoms with Gasteiger partial charge in [0.2, 0.25) is 5.91 Å². The lowest BCUT2D eigenvalue weighted by atomic mass is 10.1. The zero-order valence-corrected chi connectivity index (χ0v) is 14.1. The largest absolute Gasteiger partial charge is 0.378 e. The second-order valence-electron chi connectivity index (χ2n) is 6.64. The third-order valence-corrected chi connectivity index (χ3v) is 5.15. The smallest absolute Gasteiger partial charge is 0.240 e. The molecule has 1 atom stereocenters. The molecule has 0 saturated carbocycles. The molecule has 1 amide bonds. The zero-order valence-electron chi connectivity index (χ0n) is 14.1. The molecule has 0 spiro atoms. The summed E-state index contributed by atoms with van der Waals surface area (Å²) in [5.74, 6) is 0.266. The molecule has 24 heavy (non-hydrogen) atoms. The minimum absolute atomic E-state index is 0.00300. The highest BCUT2D eigenvalue weighted by Crippen LogP contribution is 2.24. The molecule has 0 unspecified atom stereocenters. The van der Waals surface area contributed by atoms with Gasteiger partial charge >= 0.3 is 0 Å². The fraction of sp³-hybridized carbons (Fsp3) is 0.556. The van der Waals surface area contributed by atoms with Crippen LogP contribution < -0.4 is 0 Å². The molecular formula is C18H24N4O2. The zero-order chi connectivity index (χ0) is 16.5. The molecule has 4 heterocycles. The number of morpholine rings is 1. The van der Waals surface area contributed by atoms with Crippen LogP contribution in [0.2, 0.25) is 0 Å². The number of aryl methyl sites for hydroxylation is 1. The highest BCUT2D eigenvalue weighted by Gasteiger charge is 2.34.